The zero-order valence-electron chi connectivity index (χ0n) is 9.01. The molecule has 1 aromatic rings. The molecule has 0 heterocycles. The number of carbonyl (C=O) groups excluding carboxylic acids is 1. The van der Waals surface area contributed by atoms with Crippen molar-refractivity contribution in [3.8, 4) is 0 Å². The SMILES string of the molecule is COC(=O)[C@@H](Cc1ccccc1)[C@H](C)O. The van der Waals surface area contributed by atoms with Gasteiger partial charge in [0, 0.05) is 0 Å². The van der Waals surface area contributed by atoms with Crippen LogP contribution in [0.5, 0.6) is 0 Å². The van der Waals surface area contributed by atoms with E-state index in [-0.39, 0.29) is 5.97 Å². The fraction of sp³-hybridized carbons (Fsp3) is 0.417. The number of methoxy groups -OCH3 is 1. The number of carbonyl (C=O) groups is 1. The van der Waals surface area contributed by atoms with Gasteiger partial charge in [0.1, 0.15) is 0 Å². The highest BCUT2D eigenvalue weighted by molar-refractivity contribution is 5.73. The molecule has 1 aromatic carbocycles. The van der Waals surface area contributed by atoms with Crippen molar-refractivity contribution in [2.45, 2.75) is 19.4 Å². The number of benzene rings is 1. The second-order valence-electron chi connectivity index (χ2n) is 3.56. The van der Waals surface area contributed by atoms with Crippen LogP contribution in [0.4, 0.5) is 0 Å². The maximum atomic E-state index is 11.4. The molecular formula is C12H16O3. The van der Waals surface area contributed by atoms with Crippen LogP contribution in [0.25, 0.3) is 0 Å². The smallest absolute Gasteiger partial charge is 0.311 e. The minimum Gasteiger partial charge on any atom is -0.469 e. The van der Waals surface area contributed by atoms with E-state index in [2.05, 4.69) is 4.74 Å². The van der Waals surface area contributed by atoms with Crippen molar-refractivity contribution in [3.63, 3.8) is 0 Å². The lowest BCUT2D eigenvalue weighted by molar-refractivity contribution is -0.148. The second kappa shape index (κ2) is 5.51. The number of esters is 1. The molecule has 0 saturated heterocycles. The van der Waals surface area contributed by atoms with Crippen molar-refractivity contribution in [1.82, 2.24) is 0 Å². The fourth-order valence-electron chi connectivity index (χ4n) is 1.47. The van der Waals surface area contributed by atoms with Crippen molar-refractivity contribution >= 4 is 5.97 Å². The van der Waals surface area contributed by atoms with E-state index >= 15 is 0 Å². The Bertz CT molecular complexity index is 306. The molecular weight excluding hydrogens is 192 g/mol. The van der Waals surface area contributed by atoms with Gasteiger partial charge in [-0.1, -0.05) is 30.3 Å². The summed E-state index contributed by atoms with van der Waals surface area (Å²) in [6.07, 6.45) is -0.191. The molecule has 0 radical (unpaired) electrons. The Kier molecular flexibility index (Phi) is 4.31. The largest absolute Gasteiger partial charge is 0.469 e. The summed E-state index contributed by atoms with van der Waals surface area (Å²) in [6, 6.07) is 9.59. The zero-order valence-corrected chi connectivity index (χ0v) is 9.01. The Morgan fingerprint density at radius 1 is 1.40 bits per heavy atom. The number of hydrogen-bond donors (Lipinski definition) is 1. The van der Waals surface area contributed by atoms with Crippen molar-refractivity contribution in [1.29, 1.82) is 0 Å². The first-order chi connectivity index (χ1) is 7.15. The molecule has 0 spiro atoms. The molecule has 0 amide bonds. The third kappa shape index (κ3) is 3.36. The van der Waals surface area contributed by atoms with Crippen LogP contribution in [0, 0.1) is 5.92 Å². The Balaban J connectivity index is 2.72. The van der Waals surface area contributed by atoms with E-state index in [1.54, 1.807) is 6.92 Å². The van der Waals surface area contributed by atoms with Gasteiger partial charge in [-0.25, -0.2) is 0 Å². The Morgan fingerprint density at radius 3 is 2.47 bits per heavy atom. The van der Waals surface area contributed by atoms with Crippen molar-refractivity contribution in [2.75, 3.05) is 7.11 Å². The molecule has 0 bridgehead atoms. The van der Waals surface area contributed by atoms with Crippen molar-refractivity contribution in [2.24, 2.45) is 5.92 Å². The van der Waals surface area contributed by atoms with E-state index in [9.17, 15) is 9.90 Å². The fourth-order valence-corrected chi connectivity index (χ4v) is 1.47. The van der Waals surface area contributed by atoms with Crippen LogP contribution >= 0.6 is 0 Å². The lowest BCUT2D eigenvalue weighted by atomic mass is 9.95. The zero-order chi connectivity index (χ0) is 11.3. The highest BCUT2D eigenvalue weighted by Gasteiger charge is 2.24. The molecule has 1 rings (SSSR count). The summed E-state index contributed by atoms with van der Waals surface area (Å²) >= 11 is 0. The first kappa shape index (κ1) is 11.7. The molecule has 0 aliphatic carbocycles. The van der Waals surface area contributed by atoms with Crippen molar-refractivity contribution < 1.29 is 14.6 Å². The number of hydrogen-bond acceptors (Lipinski definition) is 3. The van der Waals surface area contributed by atoms with E-state index in [0.717, 1.165) is 5.56 Å². The van der Waals surface area contributed by atoms with E-state index in [4.69, 9.17) is 0 Å². The third-order valence-corrected chi connectivity index (χ3v) is 2.38. The molecule has 3 nitrogen and oxygen atoms in total. The van der Waals surface area contributed by atoms with Crippen molar-refractivity contribution in [3.05, 3.63) is 35.9 Å². The minimum atomic E-state index is -0.697. The van der Waals surface area contributed by atoms with E-state index in [1.165, 1.54) is 7.11 Å². The number of aliphatic hydroxyl groups is 1. The van der Waals surface area contributed by atoms with E-state index in [1.807, 2.05) is 30.3 Å². The van der Waals surface area contributed by atoms with Crippen LogP contribution in [0.15, 0.2) is 30.3 Å². The maximum Gasteiger partial charge on any atom is 0.311 e. The lowest BCUT2D eigenvalue weighted by Gasteiger charge is -2.17. The quantitative estimate of drug-likeness (QED) is 0.761. The molecule has 0 unspecified atom stereocenters. The highest BCUT2D eigenvalue weighted by Crippen LogP contribution is 2.14. The number of aliphatic hydroxyl groups excluding tert-OH is 1. The van der Waals surface area contributed by atoms with Crippen LogP contribution < -0.4 is 0 Å². The number of ether oxygens (including phenoxy) is 1. The van der Waals surface area contributed by atoms with Gasteiger partial charge in [0.05, 0.1) is 19.1 Å². The summed E-state index contributed by atoms with van der Waals surface area (Å²) in [4.78, 5) is 11.4. The van der Waals surface area contributed by atoms with Crippen LogP contribution in [0.3, 0.4) is 0 Å². The van der Waals surface area contributed by atoms with Crippen LogP contribution in [-0.4, -0.2) is 24.3 Å². The second-order valence-corrected chi connectivity index (χ2v) is 3.56. The topological polar surface area (TPSA) is 46.5 Å². The van der Waals surface area contributed by atoms with Gasteiger partial charge in [-0.2, -0.15) is 0 Å². The van der Waals surface area contributed by atoms with Crippen LogP contribution in [0.2, 0.25) is 0 Å². The molecule has 0 saturated carbocycles. The van der Waals surface area contributed by atoms with Gasteiger partial charge in [0.2, 0.25) is 0 Å². The summed E-state index contributed by atoms with van der Waals surface area (Å²) in [5.41, 5.74) is 1.02. The number of rotatable bonds is 4. The van der Waals surface area contributed by atoms with Gasteiger partial charge < -0.3 is 9.84 Å². The minimum absolute atomic E-state index is 0.367. The van der Waals surface area contributed by atoms with Gasteiger partial charge in [0.15, 0.2) is 0 Å². The van der Waals surface area contributed by atoms with Gasteiger partial charge in [0.25, 0.3) is 0 Å². The molecule has 15 heavy (non-hydrogen) atoms. The average molecular weight is 208 g/mol. The predicted octanol–water partition coefficient (Wildman–Crippen LogP) is 1.40. The molecule has 1 N–H and O–H groups in total. The molecule has 82 valence electrons. The molecule has 0 fully saturated rings. The normalized spacial score (nSPS) is 14.3. The van der Waals surface area contributed by atoms with Gasteiger partial charge in [-0.3, -0.25) is 4.79 Å². The predicted molar refractivity (Wildman–Crippen MR) is 57.3 cm³/mol. The van der Waals surface area contributed by atoms with Gasteiger partial charge in [-0.05, 0) is 18.9 Å². The Hall–Kier alpha value is -1.35. The standard InChI is InChI=1S/C12H16O3/c1-9(13)11(12(14)15-2)8-10-6-4-3-5-7-10/h3-7,9,11,13H,8H2,1-2H3/t9-,11-/m0/s1. The summed E-state index contributed by atoms with van der Waals surface area (Å²) in [7, 11) is 1.34. The summed E-state index contributed by atoms with van der Waals surface area (Å²) < 4.78 is 4.65. The van der Waals surface area contributed by atoms with Gasteiger partial charge in [-0.15, -0.1) is 0 Å². The monoisotopic (exact) mass is 208 g/mol. The summed E-state index contributed by atoms with van der Waals surface area (Å²) in [5, 5.41) is 9.47. The third-order valence-electron chi connectivity index (χ3n) is 2.38. The maximum absolute atomic E-state index is 11.4. The highest BCUT2D eigenvalue weighted by atomic mass is 16.5. The average Bonchev–Trinajstić information content (AvgIpc) is 2.26. The molecule has 0 aromatic heterocycles. The van der Waals surface area contributed by atoms with E-state index < -0.39 is 12.0 Å². The first-order valence-electron chi connectivity index (χ1n) is 4.95. The van der Waals surface area contributed by atoms with E-state index in [0.29, 0.717) is 6.42 Å². The summed E-state index contributed by atoms with van der Waals surface area (Å²) in [5.74, 6) is -0.855. The summed E-state index contributed by atoms with van der Waals surface area (Å²) in [6.45, 7) is 1.60. The molecule has 0 aliphatic heterocycles. The molecule has 0 aliphatic rings. The van der Waals surface area contributed by atoms with Crippen LogP contribution in [-0.2, 0) is 16.0 Å². The Morgan fingerprint density at radius 2 is 2.00 bits per heavy atom. The van der Waals surface area contributed by atoms with Crippen LogP contribution in [0.1, 0.15) is 12.5 Å². The molecule has 2 atom stereocenters. The lowest BCUT2D eigenvalue weighted by Crippen LogP contribution is -2.29. The first-order valence-corrected chi connectivity index (χ1v) is 4.95. The van der Waals surface area contributed by atoms with Gasteiger partial charge >= 0.3 is 5.97 Å². The Labute approximate surface area is 89.7 Å². The molecule has 3 heteroatoms.